The molecule has 0 radical (unpaired) electrons. The largest absolute Gasteiger partial charge is 0.394 e. The number of nitrogens with one attached hydrogen (secondary N) is 1. The number of rotatable bonds is 8. The van der Waals surface area contributed by atoms with Crippen LogP contribution in [0.1, 0.15) is 0 Å². The van der Waals surface area contributed by atoms with Gasteiger partial charge in [0.15, 0.2) is 5.37 Å². The van der Waals surface area contributed by atoms with Crippen molar-refractivity contribution in [3.63, 3.8) is 0 Å². The molecule has 0 aliphatic rings. The van der Waals surface area contributed by atoms with Crippen molar-refractivity contribution in [3.8, 4) is 0 Å². The third-order valence-corrected chi connectivity index (χ3v) is 4.01. The van der Waals surface area contributed by atoms with E-state index in [9.17, 15) is 33.4 Å². The smallest absolute Gasteiger partial charge is 0.288 e. The minimum atomic E-state index is -4.94. The third-order valence-electron chi connectivity index (χ3n) is 2.97. The van der Waals surface area contributed by atoms with Crippen LogP contribution in [0.2, 0.25) is 0 Å². The first-order valence-corrected chi connectivity index (χ1v) is 7.86. The lowest BCUT2D eigenvalue weighted by Crippen LogP contribution is -2.54. The molecule has 0 amide bonds. The standard InChI is InChI=1S/C11H19N3O8S/c12-6-2-1-3-7(13-6)14-11(23(20,21)22)10(19)9(18)8(17)5(16)4-15/h1-3,5,8-11,15-19H,4H2,(H3,12,13,14)(H,20,21,22)/t5-,8-,9+,10-,11-/m0/s1. The van der Waals surface area contributed by atoms with Crippen LogP contribution >= 0.6 is 0 Å². The fourth-order valence-electron chi connectivity index (χ4n) is 1.73. The Bertz CT molecular complexity index is 613. The van der Waals surface area contributed by atoms with Gasteiger partial charge in [-0.2, -0.15) is 8.42 Å². The van der Waals surface area contributed by atoms with E-state index in [1.807, 2.05) is 0 Å². The molecule has 11 nitrogen and oxygen atoms in total. The second-order valence-electron chi connectivity index (χ2n) is 4.75. The Labute approximate surface area is 131 Å². The number of aliphatic hydroxyl groups is 5. The molecule has 23 heavy (non-hydrogen) atoms. The fourth-order valence-corrected chi connectivity index (χ4v) is 2.51. The second-order valence-corrected chi connectivity index (χ2v) is 6.29. The van der Waals surface area contributed by atoms with Crippen LogP contribution in [-0.4, -0.2) is 79.9 Å². The van der Waals surface area contributed by atoms with Gasteiger partial charge in [0, 0.05) is 0 Å². The van der Waals surface area contributed by atoms with Crippen molar-refractivity contribution in [1.82, 2.24) is 4.98 Å². The summed E-state index contributed by atoms with van der Waals surface area (Å²) < 4.78 is 32.0. The zero-order valence-electron chi connectivity index (χ0n) is 11.8. The van der Waals surface area contributed by atoms with E-state index in [0.717, 1.165) is 0 Å². The first-order chi connectivity index (χ1) is 10.6. The van der Waals surface area contributed by atoms with Crippen LogP contribution in [-0.2, 0) is 10.1 Å². The molecule has 0 aliphatic carbocycles. The van der Waals surface area contributed by atoms with Gasteiger partial charge in [0.05, 0.1) is 6.61 Å². The number of hydrogen-bond donors (Lipinski definition) is 8. The molecule has 0 aromatic carbocycles. The van der Waals surface area contributed by atoms with Gasteiger partial charge in [0.25, 0.3) is 10.1 Å². The van der Waals surface area contributed by atoms with Crippen LogP contribution in [0.25, 0.3) is 0 Å². The number of nitrogen functional groups attached to an aromatic ring is 1. The van der Waals surface area contributed by atoms with Crippen LogP contribution in [0.5, 0.6) is 0 Å². The zero-order chi connectivity index (χ0) is 17.8. The van der Waals surface area contributed by atoms with Crippen molar-refractivity contribution in [2.24, 2.45) is 0 Å². The van der Waals surface area contributed by atoms with E-state index in [0.29, 0.717) is 0 Å². The second kappa shape index (κ2) is 7.83. The molecule has 0 bridgehead atoms. The maximum atomic E-state index is 11.4. The van der Waals surface area contributed by atoms with Gasteiger partial charge in [0.2, 0.25) is 0 Å². The van der Waals surface area contributed by atoms with E-state index in [1.165, 1.54) is 18.2 Å². The molecular weight excluding hydrogens is 334 g/mol. The van der Waals surface area contributed by atoms with Crippen molar-refractivity contribution >= 4 is 21.8 Å². The van der Waals surface area contributed by atoms with E-state index >= 15 is 0 Å². The van der Waals surface area contributed by atoms with Crippen LogP contribution < -0.4 is 11.1 Å². The summed E-state index contributed by atoms with van der Waals surface area (Å²) in [5, 5.41) is 47.0. The van der Waals surface area contributed by atoms with Gasteiger partial charge in [0.1, 0.15) is 36.1 Å². The quantitative estimate of drug-likeness (QED) is 0.217. The molecule has 0 aliphatic heterocycles. The first-order valence-electron chi connectivity index (χ1n) is 6.36. The summed E-state index contributed by atoms with van der Waals surface area (Å²) >= 11 is 0. The Morgan fingerprint density at radius 1 is 1.13 bits per heavy atom. The Kier molecular flexibility index (Phi) is 6.64. The van der Waals surface area contributed by atoms with E-state index in [1.54, 1.807) is 0 Å². The summed E-state index contributed by atoms with van der Waals surface area (Å²) in [5.41, 5.74) is 5.41. The average molecular weight is 353 g/mol. The molecule has 1 heterocycles. The van der Waals surface area contributed by atoms with Gasteiger partial charge in [-0.15, -0.1) is 0 Å². The highest BCUT2D eigenvalue weighted by atomic mass is 32.2. The number of nitrogens with two attached hydrogens (primary N) is 1. The minimum Gasteiger partial charge on any atom is -0.394 e. The SMILES string of the molecule is Nc1cccc(N[C@H]([C@@H](O)[C@H](O)[C@@H](O)[C@@H](O)CO)S(=O)(=O)O)n1. The highest BCUT2D eigenvalue weighted by Crippen LogP contribution is 2.17. The Hall–Kier alpha value is -1.54. The van der Waals surface area contributed by atoms with E-state index in [-0.39, 0.29) is 11.6 Å². The predicted octanol–water partition coefficient (Wildman–Crippen LogP) is -3.27. The van der Waals surface area contributed by atoms with E-state index < -0.39 is 46.5 Å². The van der Waals surface area contributed by atoms with Crippen molar-refractivity contribution in [3.05, 3.63) is 18.2 Å². The molecule has 1 aromatic rings. The molecule has 9 N–H and O–H groups in total. The number of aliphatic hydroxyl groups excluding tert-OH is 5. The first kappa shape index (κ1) is 19.5. The van der Waals surface area contributed by atoms with Crippen molar-refractivity contribution in [1.29, 1.82) is 0 Å². The van der Waals surface area contributed by atoms with Crippen molar-refractivity contribution in [2.45, 2.75) is 29.8 Å². The molecule has 1 aromatic heterocycles. The van der Waals surface area contributed by atoms with Crippen LogP contribution in [0.3, 0.4) is 0 Å². The van der Waals surface area contributed by atoms with Gasteiger partial charge in [-0.05, 0) is 12.1 Å². The number of pyridine rings is 1. The Morgan fingerprint density at radius 3 is 2.22 bits per heavy atom. The number of nitrogens with zero attached hydrogens (tertiary/aromatic N) is 1. The zero-order valence-corrected chi connectivity index (χ0v) is 12.6. The maximum absolute atomic E-state index is 11.4. The van der Waals surface area contributed by atoms with Crippen molar-refractivity contribution < 1.29 is 38.5 Å². The third kappa shape index (κ3) is 5.24. The van der Waals surface area contributed by atoms with Crippen LogP contribution in [0, 0.1) is 0 Å². The summed E-state index contributed by atoms with van der Waals surface area (Å²) in [6.07, 6.45) is -8.34. The lowest BCUT2D eigenvalue weighted by Gasteiger charge is -2.30. The van der Waals surface area contributed by atoms with Gasteiger partial charge in [-0.25, -0.2) is 4.98 Å². The fraction of sp³-hybridized carbons (Fsp3) is 0.545. The Morgan fingerprint density at radius 2 is 1.74 bits per heavy atom. The van der Waals surface area contributed by atoms with Gasteiger partial charge < -0.3 is 36.6 Å². The molecular formula is C11H19N3O8S. The van der Waals surface area contributed by atoms with Crippen LogP contribution in [0.4, 0.5) is 11.6 Å². The highest BCUT2D eigenvalue weighted by Gasteiger charge is 2.40. The summed E-state index contributed by atoms with van der Waals surface area (Å²) in [6, 6.07) is 4.10. The molecule has 0 saturated heterocycles. The topological polar surface area (TPSA) is 206 Å². The summed E-state index contributed by atoms with van der Waals surface area (Å²) in [4.78, 5) is 3.71. The summed E-state index contributed by atoms with van der Waals surface area (Å²) in [7, 11) is -4.94. The van der Waals surface area contributed by atoms with E-state index in [2.05, 4.69) is 10.3 Å². The molecule has 0 fully saturated rings. The Balaban J connectivity index is 3.02. The number of anilines is 2. The maximum Gasteiger partial charge on any atom is 0.288 e. The minimum absolute atomic E-state index is 0.0230. The number of hydrogen-bond acceptors (Lipinski definition) is 10. The molecule has 5 atom stereocenters. The highest BCUT2D eigenvalue weighted by molar-refractivity contribution is 7.86. The van der Waals surface area contributed by atoms with Gasteiger partial charge in [-0.1, -0.05) is 6.07 Å². The van der Waals surface area contributed by atoms with E-state index in [4.69, 9.17) is 10.8 Å². The lowest BCUT2D eigenvalue weighted by molar-refractivity contribution is -0.114. The monoisotopic (exact) mass is 353 g/mol. The average Bonchev–Trinajstić information content (AvgIpc) is 2.48. The van der Waals surface area contributed by atoms with Crippen LogP contribution in [0.15, 0.2) is 18.2 Å². The van der Waals surface area contributed by atoms with Gasteiger partial charge >= 0.3 is 0 Å². The molecule has 12 heteroatoms. The molecule has 0 saturated carbocycles. The molecule has 0 unspecified atom stereocenters. The molecule has 1 rings (SSSR count). The normalized spacial score (nSPS) is 18.7. The van der Waals surface area contributed by atoms with Crippen molar-refractivity contribution in [2.75, 3.05) is 17.7 Å². The summed E-state index contributed by atoms with van der Waals surface area (Å²) in [6.45, 7) is -0.939. The molecule has 0 spiro atoms. The number of aromatic nitrogens is 1. The van der Waals surface area contributed by atoms with Gasteiger partial charge in [-0.3, -0.25) is 4.55 Å². The predicted molar refractivity (Wildman–Crippen MR) is 78.7 cm³/mol. The molecule has 132 valence electrons. The lowest BCUT2D eigenvalue weighted by atomic mass is 10.0. The summed E-state index contributed by atoms with van der Waals surface area (Å²) in [5.74, 6) is -0.106.